The number of hydrogen-bond acceptors (Lipinski definition) is 7. The predicted octanol–water partition coefficient (Wildman–Crippen LogP) is 0.225. The molecule has 23 heavy (non-hydrogen) atoms. The maximum atomic E-state index is 10.4. The van der Waals surface area contributed by atoms with Crippen molar-refractivity contribution in [2.75, 3.05) is 5.73 Å². The average Bonchev–Trinajstić information content (AvgIpc) is 3.00. The van der Waals surface area contributed by atoms with Crippen molar-refractivity contribution in [3.8, 4) is 11.3 Å². The number of imidazole rings is 1. The van der Waals surface area contributed by atoms with Gasteiger partial charge in [0, 0.05) is 5.38 Å². The number of hydrogen-bond donors (Lipinski definition) is 3. The van der Waals surface area contributed by atoms with Crippen LogP contribution in [0.1, 0.15) is 13.2 Å². The number of rotatable bonds is 2. The fraction of sp³-hybridized carbons (Fsp3) is 0.462. The molecule has 2 aromatic heterocycles. The molecule has 10 heteroatoms. The number of fused-ring (bicyclic) bond motifs is 1. The molecule has 5 atom stereocenters. The van der Waals surface area contributed by atoms with Crippen LogP contribution in [0.5, 0.6) is 0 Å². The van der Waals surface area contributed by atoms with Crippen LogP contribution < -0.4 is 5.73 Å². The first-order chi connectivity index (χ1) is 10.9. The normalized spacial score (nSPS) is 31.8. The SMILES string of the molecule is C[C@@H](O)[C@H]1O[C@@H](n2cnc3cnc(N)nc32)C(Cl)(C#CCl)[C@H]1O. The average molecular weight is 358 g/mol. The van der Waals surface area contributed by atoms with Crippen LogP contribution in [0.3, 0.4) is 0 Å². The number of alkyl halides is 1. The summed E-state index contributed by atoms with van der Waals surface area (Å²) in [6.07, 6.45) is -1.31. The Bertz CT molecular complexity index is 802. The van der Waals surface area contributed by atoms with E-state index in [-0.39, 0.29) is 5.95 Å². The smallest absolute Gasteiger partial charge is 0.222 e. The van der Waals surface area contributed by atoms with E-state index in [1.165, 1.54) is 24.0 Å². The van der Waals surface area contributed by atoms with Crippen molar-refractivity contribution in [3.63, 3.8) is 0 Å². The second kappa shape index (κ2) is 5.78. The number of aromatic nitrogens is 4. The third-order valence-electron chi connectivity index (χ3n) is 3.69. The first-order valence-corrected chi connectivity index (χ1v) is 7.42. The topological polar surface area (TPSA) is 119 Å². The van der Waals surface area contributed by atoms with Crippen LogP contribution in [0.15, 0.2) is 12.5 Å². The molecule has 1 fully saturated rings. The van der Waals surface area contributed by atoms with Crippen LogP contribution in [0.2, 0.25) is 0 Å². The summed E-state index contributed by atoms with van der Waals surface area (Å²) in [6, 6.07) is 0. The van der Waals surface area contributed by atoms with E-state index in [4.69, 9.17) is 33.7 Å². The molecule has 1 aliphatic rings. The van der Waals surface area contributed by atoms with Crippen molar-refractivity contribution >= 4 is 40.3 Å². The molecule has 0 bridgehead atoms. The zero-order valence-electron chi connectivity index (χ0n) is 11.9. The second-order valence-corrected chi connectivity index (χ2v) is 6.03. The minimum atomic E-state index is -1.59. The second-order valence-electron chi connectivity index (χ2n) is 5.21. The standard InChI is InChI=1S/C13H13Cl2N5O3/c1-6(21)8-9(22)13(15,2-3-14)11(23-8)20-5-18-7-4-17-12(16)19-10(7)20/h4-6,8-9,11,21-22H,1H3,(H2,16,17,19)/t6-,8-,9+,11-,13?/m1/s1. The van der Waals surface area contributed by atoms with E-state index in [0.29, 0.717) is 11.2 Å². The minimum absolute atomic E-state index is 0.0495. The van der Waals surface area contributed by atoms with Crippen LogP contribution >= 0.6 is 23.2 Å². The van der Waals surface area contributed by atoms with Gasteiger partial charge in [0.25, 0.3) is 0 Å². The maximum Gasteiger partial charge on any atom is 0.222 e. The molecule has 122 valence electrons. The lowest BCUT2D eigenvalue weighted by Gasteiger charge is -2.25. The molecule has 8 nitrogen and oxygen atoms in total. The maximum absolute atomic E-state index is 10.4. The predicted molar refractivity (Wildman–Crippen MR) is 83.5 cm³/mol. The summed E-state index contributed by atoms with van der Waals surface area (Å²) < 4.78 is 7.20. The summed E-state index contributed by atoms with van der Waals surface area (Å²) in [5.41, 5.74) is 6.44. The molecule has 0 radical (unpaired) electrons. The van der Waals surface area contributed by atoms with Gasteiger partial charge in [-0.3, -0.25) is 4.57 Å². The van der Waals surface area contributed by atoms with Crippen LogP contribution in [-0.4, -0.2) is 52.9 Å². The van der Waals surface area contributed by atoms with Gasteiger partial charge in [-0.1, -0.05) is 17.5 Å². The molecule has 4 N–H and O–H groups in total. The highest BCUT2D eigenvalue weighted by Gasteiger charge is 2.57. The van der Waals surface area contributed by atoms with E-state index in [2.05, 4.69) is 26.3 Å². The van der Waals surface area contributed by atoms with Gasteiger partial charge < -0.3 is 20.7 Å². The van der Waals surface area contributed by atoms with Crippen molar-refractivity contribution in [2.45, 2.75) is 36.3 Å². The lowest BCUT2D eigenvalue weighted by atomic mass is 9.97. The first-order valence-electron chi connectivity index (χ1n) is 6.67. The number of aliphatic hydroxyl groups excluding tert-OH is 2. The first kappa shape index (κ1) is 16.2. The van der Waals surface area contributed by atoms with Gasteiger partial charge in [-0.05, 0) is 18.5 Å². The minimum Gasteiger partial charge on any atom is -0.391 e. The van der Waals surface area contributed by atoms with E-state index in [0.717, 1.165) is 0 Å². The largest absolute Gasteiger partial charge is 0.391 e. The van der Waals surface area contributed by atoms with E-state index in [9.17, 15) is 10.2 Å². The van der Waals surface area contributed by atoms with Gasteiger partial charge in [-0.2, -0.15) is 4.98 Å². The lowest BCUT2D eigenvalue weighted by molar-refractivity contribution is -0.0752. The summed E-state index contributed by atoms with van der Waals surface area (Å²) in [6.45, 7) is 1.48. The molecule has 1 saturated heterocycles. The monoisotopic (exact) mass is 357 g/mol. The number of aliphatic hydroxyl groups is 2. The number of nitrogen functional groups attached to an aromatic ring is 1. The Morgan fingerprint density at radius 1 is 1.52 bits per heavy atom. The van der Waals surface area contributed by atoms with E-state index >= 15 is 0 Å². The van der Waals surface area contributed by atoms with E-state index in [1.807, 2.05) is 0 Å². The summed E-state index contributed by atoms with van der Waals surface area (Å²) in [4.78, 5) is 10.5. The van der Waals surface area contributed by atoms with Gasteiger partial charge in [0.1, 0.15) is 17.7 Å². The Balaban J connectivity index is 2.14. The number of ether oxygens (including phenoxy) is 1. The zero-order valence-corrected chi connectivity index (χ0v) is 13.4. The Hall–Kier alpha value is -1.63. The molecular formula is C13H13Cl2N5O3. The molecule has 0 amide bonds. The summed E-state index contributed by atoms with van der Waals surface area (Å²) in [7, 11) is 0. The molecular weight excluding hydrogens is 345 g/mol. The molecule has 1 aliphatic heterocycles. The number of halogens is 2. The number of nitrogens with zero attached hydrogens (tertiary/aromatic N) is 4. The van der Waals surface area contributed by atoms with Gasteiger partial charge in [-0.15, -0.1) is 0 Å². The Morgan fingerprint density at radius 3 is 2.91 bits per heavy atom. The fourth-order valence-corrected chi connectivity index (χ4v) is 3.11. The van der Waals surface area contributed by atoms with Crippen molar-refractivity contribution < 1.29 is 14.9 Å². The van der Waals surface area contributed by atoms with Gasteiger partial charge in [-0.25, -0.2) is 9.97 Å². The van der Waals surface area contributed by atoms with Crippen LogP contribution in [0.25, 0.3) is 11.2 Å². The molecule has 3 heterocycles. The van der Waals surface area contributed by atoms with Gasteiger partial charge in [0.05, 0.1) is 18.6 Å². The van der Waals surface area contributed by atoms with Crippen molar-refractivity contribution in [1.29, 1.82) is 0 Å². The van der Waals surface area contributed by atoms with Crippen molar-refractivity contribution in [3.05, 3.63) is 12.5 Å². The van der Waals surface area contributed by atoms with Crippen molar-refractivity contribution in [2.24, 2.45) is 0 Å². The van der Waals surface area contributed by atoms with Gasteiger partial charge in [0.15, 0.2) is 16.7 Å². The highest BCUT2D eigenvalue weighted by Crippen LogP contribution is 2.45. The fourth-order valence-electron chi connectivity index (χ4n) is 2.57. The van der Waals surface area contributed by atoms with E-state index in [1.54, 1.807) is 0 Å². The Kier molecular flexibility index (Phi) is 4.08. The van der Waals surface area contributed by atoms with E-state index < -0.39 is 29.4 Å². The molecule has 1 unspecified atom stereocenters. The third-order valence-corrected chi connectivity index (χ3v) is 4.29. The summed E-state index contributed by atoms with van der Waals surface area (Å²) in [5.74, 6) is 2.59. The Labute approximate surface area is 141 Å². The van der Waals surface area contributed by atoms with Crippen molar-refractivity contribution in [1.82, 2.24) is 19.5 Å². The molecule has 0 aromatic carbocycles. The third kappa shape index (κ3) is 2.51. The highest BCUT2D eigenvalue weighted by atomic mass is 35.5. The lowest BCUT2D eigenvalue weighted by Crippen LogP contribution is -2.43. The quantitative estimate of drug-likeness (QED) is 0.519. The molecule has 2 aromatic rings. The number of anilines is 1. The summed E-state index contributed by atoms with van der Waals surface area (Å²) >= 11 is 12.0. The van der Waals surface area contributed by atoms with Gasteiger partial charge in [0.2, 0.25) is 5.95 Å². The molecule has 3 rings (SSSR count). The van der Waals surface area contributed by atoms with Crippen LogP contribution in [-0.2, 0) is 4.74 Å². The van der Waals surface area contributed by atoms with Crippen LogP contribution in [0, 0.1) is 11.3 Å². The van der Waals surface area contributed by atoms with Crippen LogP contribution in [0.4, 0.5) is 5.95 Å². The Morgan fingerprint density at radius 2 is 2.26 bits per heavy atom. The zero-order chi connectivity index (χ0) is 16.8. The van der Waals surface area contributed by atoms with Gasteiger partial charge >= 0.3 is 0 Å². The molecule has 0 aliphatic carbocycles. The molecule has 0 saturated carbocycles. The summed E-state index contributed by atoms with van der Waals surface area (Å²) in [5, 5.41) is 22.4. The molecule has 0 spiro atoms. The highest BCUT2D eigenvalue weighted by molar-refractivity contribution is 6.32. The number of nitrogens with two attached hydrogens (primary N) is 1.